The zero-order chi connectivity index (χ0) is 11.7. The predicted molar refractivity (Wildman–Crippen MR) is 57.8 cm³/mol. The van der Waals surface area contributed by atoms with Gasteiger partial charge >= 0.3 is 0 Å². The lowest BCUT2D eigenvalue weighted by Crippen LogP contribution is -2.17. The number of amides is 1. The molecule has 0 fully saturated rings. The zero-order valence-electron chi connectivity index (χ0n) is 8.29. The molecule has 2 rings (SSSR count). The Morgan fingerprint density at radius 3 is 2.81 bits per heavy atom. The quantitative estimate of drug-likeness (QED) is 0.617. The topological polar surface area (TPSA) is 91.2 Å². The minimum absolute atomic E-state index is 0.0318. The number of non-ortho nitro benzene ring substituents is 1. The molecule has 0 atom stereocenters. The fourth-order valence-corrected chi connectivity index (χ4v) is 1.61. The molecule has 16 heavy (non-hydrogen) atoms. The second-order valence-electron chi connectivity index (χ2n) is 3.41. The summed E-state index contributed by atoms with van der Waals surface area (Å²) in [4.78, 5) is 20.9. The van der Waals surface area contributed by atoms with E-state index in [4.69, 9.17) is 5.73 Å². The highest BCUT2D eigenvalue weighted by Crippen LogP contribution is 2.21. The third-order valence-electron chi connectivity index (χ3n) is 2.29. The summed E-state index contributed by atoms with van der Waals surface area (Å²) in [6.07, 6.45) is 1.68. The number of hydrogen-bond donors (Lipinski definition) is 1. The van der Waals surface area contributed by atoms with Crippen LogP contribution >= 0.6 is 0 Å². The Hall–Kier alpha value is -2.37. The maximum Gasteiger partial charge on any atom is 0.270 e. The van der Waals surface area contributed by atoms with Crippen LogP contribution in [0, 0.1) is 10.1 Å². The second-order valence-corrected chi connectivity index (χ2v) is 3.41. The average molecular weight is 219 g/mol. The summed E-state index contributed by atoms with van der Waals surface area (Å²) in [7, 11) is 0. The van der Waals surface area contributed by atoms with Gasteiger partial charge in [0.1, 0.15) is 6.54 Å². The summed E-state index contributed by atoms with van der Waals surface area (Å²) >= 11 is 0. The number of rotatable bonds is 3. The number of nitrogens with two attached hydrogens (primary N) is 1. The van der Waals surface area contributed by atoms with Crippen LogP contribution in [0.1, 0.15) is 0 Å². The molecule has 1 aromatic carbocycles. The van der Waals surface area contributed by atoms with E-state index in [1.54, 1.807) is 22.9 Å². The lowest BCUT2D eigenvalue weighted by molar-refractivity contribution is -0.384. The number of nitro groups is 1. The highest BCUT2D eigenvalue weighted by molar-refractivity contribution is 5.84. The lowest BCUT2D eigenvalue weighted by Gasteiger charge is -2.01. The Bertz CT molecular complexity index is 574. The van der Waals surface area contributed by atoms with Crippen molar-refractivity contribution in [3.05, 3.63) is 40.6 Å². The van der Waals surface area contributed by atoms with Crippen molar-refractivity contribution in [2.24, 2.45) is 5.73 Å². The summed E-state index contributed by atoms with van der Waals surface area (Å²) in [5.74, 6) is -0.448. The Balaban J connectivity index is 2.50. The third-order valence-corrected chi connectivity index (χ3v) is 2.29. The number of fused-ring (bicyclic) bond motifs is 1. The number of nitro benzene ring substituents is 1. The Morgan fingerprint density at radius 2 is 2.19 bits per heavy atom. The van der Waals surface area contributed by atoms with Crippen LogP contribution in [0.4, 0.5) is 5.69 Å². The number of hydrogen-bond acceptors (Lipinski definition) is 3. The normalized spacial score (nSPS) is 10.5. The average Bonchev–Trinajstić information content (AvgIpc) is 2.60. The van der Waals surface area contributed by atoms with Crippen LogP contribution in [-0.4, -0.2) is 15.4 Å². The zero-order valence-corrected chi connectivity index (χ0v) is 8.29. The summed E-state index contributed by atoms with van der Waals surface area (Å²) in [6.45, 7) is 0.0707. The molecule has 0 aliphatic rings. The molecule has 6 nitrogen and oxygen atoms in total. The maximum atomic E-state index is 10.8. The molecule has 1 amide bonds. The molecule has 82 valence electrons. The van der Waals surface area contributed by atoms with E-state index in [1.807, 2.05) is 0 Å². The lowest BCUT2D eigenvalue weighted by atomic mass is 10.2. The van der Waals surface area contributed by atoms with Gasteiger partial charge in [0.15, 0.2) is 0 Å². The summed E-state index contributed by atoms with van der Waals surface area (Å²) in [5.41, 5.74) is 5.87. The Labute approximate surface area is 90.4 Å². The van der Waals surface area contributed by atoms with Crippen molar-refractivity contribution in [2.75, 3.05) is 0 Å². The van der Waals surface area contributed by atoms with Gasteiger partial charge in [0.25, 0.3) is 5.69 Å². The van der Waals surface area contributed by atoms with Gasteiger partial charge in [-0.2, -0.15) is 0 Å². The van der Waals surface area contributed by atoms with Gasteiger partial charge in [-0.05, 0) is 12.1 Å². The first-order valence-electron chi connectivity index (χ1n) is 4.59. The number of primary amides is 1. The van der Waals surface area contributed by atoms with Gasteiger partial charge in [0, 0.05) is 29.2 Å². The van der Waals surface area contributed by atoms with E-state index in [2.05, 4.69) is 0 Å². The van der Waals surface area contributed by atoms with E-state index in [1.165, 1.54) is 12.1 Å². The van der Waals surface area contributed by atoms with E-state index in [9.17, 15) is 14.9 Å². The molecule has 1 heterocycles. The molecule has 0 radical (unpaired) electrons. The van der Waals surface area contributed by atoms with E-state index in [0.717, 1.165) is 10.9 Å². The summed E-state index contributed by atoms with van der Waals surface area (Å²) in [5, 5.41) is 11.3. The SMILES string of the molecule is NC(=O)Cn1ccc2cc([N+](=O)[O-])ccc21. The van der Waals surface area contributed by atoms with Crippen molar-refractivity contribution in [1.82, 2.24) is 4.57 Å². The fraction of sp³-hybridized carbons (Fsp3) is 0.100. The largest absolute Gasteiger partial charge is 0.368 e. The van der Waals surface area contributed by atoms with Crippen LogP contribution in [0.3, 0.4) is 0 Å². The molecule has 0 aliphatic heterocycles. The van der Waals surface area contributed by atoms with Crippen molar-refractivity contribution in [2.45, 2.75) is 6.54 Å². The molecule has 0 aliphatic carbocycles. The smallest absolute Gasteiger partial charge is 0.270 e. The number of nitrogens with zero attached hydrogens (tertiary/aromatic N) is 2. The molecular formula is C10H9N3O3. The summed E-state index contributed by atoms with van der Waals surface area (Å²) < 4.78 is 1.65. The van der Waals surface area contributed by atoms with Crippen molar-refractivity contribution in [1.29, 1.82) is 0 Å². The van der Waals surface area contributed by atoms with Crippen LogP contribution in [0.25, 0.3) is 10.9 Å². The van der Waals surface area contributed by atoms with Crippen molar-refractivity contribution in [3.8, 4) is 0 Å². The van der Waals surface area contributed by atoms with Crippen LogP contribution < -0.4 is 5.73 Å². The molecule has 0 bridgehead atoms. The molecule has 0 saturated heterocycles. The molecule has 1 aromatic heterocycles. The first kappa shape index (κ1) is 10.2. The van der Waals surface area contributed by atoms with Crippen LogP contribution in [0.5, 0.6) is 0 Å². The minimum Gasteiger partial charge on any atom is -0.368 e. The van der Waals surface area contributed by atoms with E-state index in [-0.39, 0.29) is 12.2 Å². The number of benzene rings is 1. The fourth-order valence-electron chi connectivity index (χ4n) is 1.61. The van der Waals surface area contributed by atoms with Gasteiger partial charge in [0.2, 0.25) is 5.91 Å². The van der Waals surface area contributed by atoms with Gasteiger partial charge in [0.05, 0.1) is 4.92 Å². The Morgan fingerprint density at radius 1 is 1.44 bits per heavy atom. The van der Waals surface area contributed by atoms with Gasteiger partial charge < -0.3 is 10.3 Å². The molecule has 6 heteroatoms. The standard InChI is InChI=1S/C10H9N3O3/c11-10(14)6-12-4-3-7-5-8(13(15)16)1-2-9(7)12/h1-5H,6H2,(H2,11,14). The predicted octanol–water partition coefficient (Wildman–Crippen LogP) is 1.03. The molecule has 0 unspecified atom stereocenters. The summed E-state index contributed by atoms with van der Waals surface area (Å²) in [6, 6.07) is 6.19. The molecule has 2 N–H and O–H groups in total. The number of aromatic nitrogens is 1. The van der Waals surface area contributed by atoms with Gasteiger partial charge in [-0.15, -0.1) is 0 Å². The number of carbonyl (C=O) groups is 1. The maximum absolute atomic E-state index is 10.8. The third kappa shape index (κ3) is 1.72. The van der Waals surface area contributed by atoms with E-state index in [0.29, 0.717) is 0 Å². The van der Waals surface area contributed by atoms with Gasteiger partial charge in [-0.3, -0.25) is 14.9 Å². The van der Waals surface area contributed by atoms with E-state index < -0.39 is 10.8 Å². The van der Waals surface area contributed by atoms with E-state index >= 15 is 0 Å². The Kier molecular flexibility index (Phi) is 2.32. The first-order valence-corrected chi connectivity index (χ1v) is 4.59. The molecular weight excluding hydrogens is 210 g/mol. The first-order chi connectivity index (χ1) is 7.58. The molecule has 0 saturated carbocycles. The van der Waals surface area contributed by atoms with Crippen LogP contribution in [-0.2, 0) is 11.3 Å². The highest BCUT2D eigenvalue weighted by atomic mass is 16.6. The highest BCUT2D eigenvalue weighted by Gasteiger charge is 2.09. The van der Waals surface area contributed by atoms with Crippen LogP contribution in [0.15, 0.2) is 30.5 Å². The molecule has 0 spiro atoms. The van der Waals surface area contributed by atoms with Crippen LogP contribution in [0.2, 0.25) is 0 Å². The van der Waals surface area contributed by atoms with Gasteiger partial charge in [-0.25, -0.2) is 0 Å². The molecule has 2 aromatic rings. The van der Waals surface area contributed by atoms with Crippen molar-refractivity contribution in [3.63, 3.8) is 0 Å². The van der Waals surface area contributed by atoms with Gasteiger partial charge in [-0.1, -0.05) is 0 Å². The minimum atomic E-state index is -0.454. The van der Waals surface area contributed by atoms with Crippen molar-refractivity contribution < 1.29 is 9.72 Å². The monoisotopic (exact) mass is 219 g/mol. The number of carbonyl (C=O) groups excluding carboxylic acids is 1. The van der Waals surface area contributed by atoms with Crippen molar-refractivity contribution >= 4 is 22.5 Å². The second kappa shape index (κ2) is 3.65.